The number of ether oxygens (including phenoxy) is 2. The summed E-state index contributed by atoms with van der Waals surface area (Å²) in [4.78, 5) is 27.0. The highest BCUT2D eigenvalue weighted by Gasteiger charge is 2.36. The van der Waals surface area contributed by atoms with E-state index in [2.05, 4.69) is 10.1 Å². The van der Waals surface area contributed by atoms with Crippen molar-refractivity contribution in [3.05, 3.63) is 18.2 Å². The SMILES string of the molecule is CC(C)CN(CC(F)(F)F)[C@@H](CN)C(=O)Nc1ccc(N2CCOCC2=O)c(OC(F)F)c1. The Labute approximate surface area is 187 Å². The van der Waals surface area contributed by atoms with Crippen LogP contribution in [0.5, 0.6) is 5.75 Å². The third-order valence-corrected chi connectivity index (χ3v) is 4.67. The summed E-state index contributed by atoms with van der Waals surface area (Å²) in [6, 6.07) is 2.40. The third-order valence-electron chi connectivity index (χ3n) is 4.67. The molecule has 13 heteroatoms. The minimum atomic E-state index is -4.55. The van der Waals surface area contributed by atoms with E-state index < -0.39 is 43.7 Å². The van der Waals surface area contributed by atoms with Crippen molar-refractivity contribution >= 4 is 23.2 Å². The topological polar surface area (TPSA) is 97.1 Å². The van der Waals surface area contributed by atoms with Crippen LogP contribution in [0.2, 0.25) is 0 Å². The monoisotopic (exact) mass is 482 g/mol. The van der Waals surface area contributed by atoms with Gasteiger partial charge in [0.25, 0.3) is 5.91 Å². The molecule has 0 unspecified atom stereocenters. The summed E-state index contributed by atoms with van der Waals surface area (Å²) in [6.07, 6.45) is -4.55. The maximum absolute atomic E-state index is 13.0. The molecule has 1 heterocycles. The maximum Gasteiger partial charge on any atom is 0.401 e. The molecule has 1 aromatic rings. The zero-order valence-electron chi connectivity index (χ0n) is 18.2. The number of rotatable bonds is 10. The Morgan fingerprint density at radius 2 is 2.03 bits per heavy atom. The molecule has 2 rings (SSSR count). The fourth-order valence-corrected chi connectivity index (χ4v) is 3.43. The Hall–Kier alpha value is -2.51. The van der Waals surface area contributed by atoms with E-state index in [1.54, 1.807) is 13.8 Å². The first-order valence-corrected chi connectivity index (χ1v) is 10.2. The largest absolute Gasteiger partial charge is 0.433 e. The van der Waals surface area contributed by atoms with Gasteiger partial charge in [0.2, 0.25) is 5.91 Å². The molecular formula is C20H27F5N4O4. The second-order valence-electron chi connectivity index (χ2n) is 7.84. The molecule has 186 valence electrons. The molecule has 1 aliphatic heterocycles. The highest BCUT2D eigenvalue weighted by atomic mass is 19.4. The van der Waals surface area contributed by atoms with Gasteiger partial charge < -0.3 is 25.4 Å². The summed E-state index contributed by atoms with van der Waals surface area (Å²) in [5.74, 6) is -1.85. The van der Waals surface area contributed by atoms with Crippen LogP contribution in [-0.2, 0) is 14.3 Å². The Bertz CT molecular complexity index is 822. The summed E-state index contributed by atoms with van der Waals surface area (Å²) < 4.78 is 74.5. The van der Waals surface area contributed by atoms with Crippen LogP contribution in [0.3, 0.4) is 0 Å². The van der Waals surface area contributed by atoms with Crippen molar-refractivity contribution in [2.24, 2.45) is 11.7 Å². The van der Waals surface area contributed by atoms with E-state index in [4.69, 9.17) is 10.5 Å². The van der Waals surface area contributed by atoms with Crippen molar-refractivity contribution in [2.45, 2.75) is 32.7 Å². The minimum absolute atomic E-state index is 0.00457. The number of nitrogens with zero attached hydrogens (tertiary/aromatic N) is 2. The first-order valence-electron chi connectivity index (χ1n) is 10.2. The fraction of sp³-hybridized carbons (Fsp3) is 0.600. The summed E-state index contributed by atoms with van der Waals surface area (Å²) in [7, 11) is 0. The van der Waals surface area contributed by atoms with Gasteiger partial charge >= 0.3 is 12.8 Å². The number of halogens is 5. The molecule has 0 bridgehead atoms. The number of morpholine rings is 1. The molecule has 0 radical (unpaired) electrons. The molecular weight excluding hydrogens is 455 g/mol. The van der Waals surface area contributed by atoms with Crippen molar-refractivity contribution in [2.75, 3.05) is 49.6 Å². The summed E-state index contributed by atoms with van der Waals surface area (Å²) in [5.41, 5.74) is 5.65. The third kappa shape index (κ3) is 8.09. The minimum Gasteiger partial charge on any atom is -0.433 e. The second-order valence-corrected chi connectivity index (χ2v) is 7.84. The van der Waals surface area contributed by atoms with Gasteiger partial charge in [0.05, 0.1) is 18.8 Å². The van der Waals surface area contributed by atoms with Crippen molar-refractivity contribution < 1.29 is 41.0 Å². The molecule has 33 heavy (non-hydrogen) atoms. The number of hydrogen-bond acceptors (Lipinski definition) is 6. The summed E-state index contributed by atoms with van der Waals surface area (Å²) in [5, 5.41) is 2.41. The molecule has 2 amide bonds. The molecule has 3 N–H and O–H groups in total. The normalized spacial score (nSPS) is 16.0. The van der Waals surface area contributed by atoms with Crippen LogP contribution in [0.15, 0.2) is 18.2 Å². The number of alkyl halides is 5. The first kappa shape index (κ1) is 26.7. The number of nitrogens with one attached hydrogen (secondary N) is 1. The number of carbonyl (C=O) groups excluding carboxylic acids is 2. The van der Waals surface area contributed by atoms with Crippen molar-refractivity contribution in [1.29, 1.82) is 0 Å². The van der Waals surface area contributed by atoms with Gasteiger partial charge in [-0.2, -0.15) is 22.0 Å². The van der Waals surface area contributed by atoms with Crippen LogP contribution in [0.1, 0.15) is 13.8 Å². The highest BCUT2D eigenvalue weighted by Crippen LogP contribution is 2.34. The first-order chi connectivity index (χ1) is 15.4. The molecule has 1 atom stereocenters. The van der Waals surface area contributed by atoms with E-state index in [9.17, 15) is 31.5 Å². The lowest BCUT2D eigenvalue weighted by Gasteiger charge is -2.32. The van der Waals surface area contributed by atoms with Crippen molar-refractivity contribution in [1.82, 2.24) is 4.90 Å². The van der Waals surface area contributed by atoms with Crippen LogP contribution >= 0.6 is 0 Å². The highest BCUT2D eigenvalue weighted by molar-refractivity contribution is 5.98. The van der Waals surface area contributed by atoms with Crippen LogP contribution in [0.25, 0.3) is 0 Å². The zero-order valence-corrected chi connectivity index (χ0v) is 18.2. The average molecular weight is 482 g/mol. The Morgan fingerprint density at radius 3 is 2.58 bits per heavy atom. The Morgan fingerprint density at radius 1 is 1.33 bits per heavy atom. The molecule has 8 nitrogen and oxygen atoms in total. The van der Waals surface area contributed by atoms with Crippen molar-refractivity contribution in [3.8, 4) is 5.75 Å². The summed E-state index contributed by atoms with van der Waals surface area (Å²) in [6.45, 7) is -1.49. The van der Waals surface area contributed by atoms with Crippen LogP contribution < -0.4 is 20.7 Å². The predicted molar refractivity (Wildman–Crippen MR) is 110 cm³/mol. The molecule has 0 aliphatic carbocycles. The van der Waals surface area contributed by atoms with E-state index in [1.165, 1.54) is 17.0 Å². The zero-order chi connectivity index (χ0) is 24.8. The van der Waals surface area contributed by atoms with Gasteiger partial charge in [0, 0.05) is 31.4 Å². The van der Waals surface area contributed by atoms with Crippen LogP contribution in [-0.4, -0.2) is 74.9 Å². The lowest BCUT2D eigenvalue weighted by molar-refractivity contribution is -0.154. The lowest BCUT2D eigenvalue weighted by atomic mass is 10.1. The van der Waals surface area contributed by atoms with Gasteiger partial charge in [-0.25, -0.2) is 0 Å². The van der Waals surface area contributed by atoms with Gasteiger partial charge in [0.15, 0.2) is 5.75 Å². The molecule has 0 spiro atoms. The molecule has 0 saturated carbocycles. The van der Waals surface area contributed by atoms with E-state index in [1.807, 2.05) is 0 Å². The van der Waals surface area contributed by atoms with E-state index >= 15 is 0 Å². The molecule has 0 aromatic heterocycles. The Kier molecular flexibility index (Phi) is 9.37. The van der Waals surface area contributed by atoms with Gasteiger partial charge in [-0.1, -0.05) is 13.8 Å². The van der Waals surface area contributed by atoms with Gasteiger partial charge in [0.1, 0.15) is 12.6 Å². The van der Waals surface area contributed by atoms with Crippen LogP contribution in [0, 0.1) is 5.92 Å². The fourth-order valence-electron chi connectivity index (χ4n) is 3.43. The smallest absolute Gasteiger partial charge is 0.401 e. The van der Waals surface area contributed by atoms with E-state index in [-0.39, 0.29) is 49.3 Å². The molecule has 1 aliphatic rings. The van der Waals surface area contributed by atoms with Gasteiger partial charge in [-0.15, -0.1) is 0 Å². The number of anilines is 2. The quantitative estimate of drug-likeness (QED) is 0.498. The number of hydrogen-bond donors (Lipinski definition) is 2. The molecule has 1 fully saturated rings. The molecule has 1 saturated heterocycles. The average Bonchev–Trinajstić information content (AvgIpc) is 2.67. The number of benzene rings is 1. The Balaban J connectivity index is 2.27. The standard InChI is InChI=1S/C20H27F5N4O4/c1-12(2)9-28(11-20(23,24)25)15(8-26)18(31)27-13-3-4-14(16(7-13)33-19(21)22)29-5-6-32-10-17(29)30/h3-4,7,12,15,19H,5-6,8-11,26H2,1-2H3,(H,27,31)/t15-/m0/s1. The maximum atomic E-state index is 13.0. The van der Waals surface area contributed by atoms with Gasteiger partial charge in [-0.05, 0) is 18.1 Å². The van der Waals surface area contributed by atoms with Crippen molar-refractivity contribution in [3.63, 3.8) is 0 Å². The van der Waals surface area contributed by atoms with E-state index in [0.29, 0.717) is 0 Å². The molecule has 1 aromatic carbocycles. The number of nitrogens with two attached hydrogens (primary N) is 1. The van der Waals surface area contributed by atoms with Gasteiger partial charge in [-0.3, -0.25) is 14.5 Å². The second kappa shape index (κ2) is 11.6. The van der Waals surface area contributed by atoms with E-state index in [0.717, 1.165) is 11.0 Å². The lowest BCUT2D eigenvalue weighted by Crippen LogP contribution is -2.52. The number of amides is 2. The number of carbonyl (C=O) groups is 2. The summed E-state index contributed by atoms with van der Waals surface area (Å²) >= 11 is 0. The van der Waals surface area contributed by atoms with Crippen LogP contribution in [0.4, 0.5) is 33.3 Å². The predicted octanol–water partition coefficient (Wildman–Crippen LogP) is 2.44.